The van der Waals surface area contributed by atoms with Crippen LogP contribution in [0.3, 0.4) is 0 Å². The lowest BCUT2D eigenvalue weighted by Crippen LogP contribution is -2.05. The first-order chi connectivity index (χ1) is 10.2. The normalized spacial score (nSPS) is 13.9. The number of hydrogen-bond acceptors (Lipinski definition) is 4. The molecule has 0 spiro atoms. The van der Waals surface area contributed by atoms with E-state index in [1.54, 1.807) is 12.1 Å². The summed E-state index contributed by atoms with van der Waals surface area (Å²) >= 11 is 1.43. The van der Waals surface area contributed by atoms with Gasteiger partial charge in [0.1, 0.15) is 16.8 Å². The minimum atomic E-state index is -0.215. The molecular weight excluding hydrogens is 285 g/mol. The fourth-order valence-corrected chi connectivity index (χ4v) is 3.45. The topological polar surface area (TPSA) is 61.8 Å². The van der Waals surface area contributed by atoms with Gasteiger partial charge in [-0.25, -0.2) is 4.39 Å². The van der Waals surface area contributed by atoms with E-state index in [0.717, 1.165) is 41.9 Å². The van der Waals surface area contributed by atoms with Gasteiger partial charge >= 0.3 is 0 Å². The molecule has 1 heterocycles. The average molecular weight is 301 g/mol. The predicted molar refractivity (Wildman–Crippen MR) is 84.0 cm³/mol. The van der Waals surface area contributed by atoms with Crippen molar-refractivity contribution in [1.82, 2.24) is 0 Å². The van der Waals surface area contributed by atoms with Crippen LogP contribution in [0, 0.1) is 17.1 Å². The smallest absolute Gasteiger partial charge is 0.130 e. The molecule has 0 atom stereocenters. The van der Waals surface area contributed by atoms with E-state index in [2.05, 4.69) is 11.4 Å². The third-order valence-electron chi connectivity index (χ3n) is 3.68. The summed E-state index contributed by atoms with van der Waals surface area (Å²) in [5.74, 6) is 0.295. The van der Waals surface area contributed by atoms with Crippen LogP contribution in [0.25, 0.3) is 0 Å². The highest BCUT2D eigenvalue weighted by Crippen LogP contribution is 2.50. The van der Waals surface area contributed by atoms with Crippen molar-refractivity contribution in [3.05, 3.63) is 46.1 Å². The lowest BCUT2D eigenvalue weighted by molar-refractivity contribution is 0.627. The second-order valence-electron chi connectivity index (χ2n) is 5.28. The molecule has 0 radical (unpaired) electrons. The summed E-state index contributed by atoms with van der Waals surface area (Å²) in [4.78, 5) is 0.598. The summed E-state index contributed by atoms with van der Waals surface area (Å²) < 4.78 is 12.9. The Morgan fingerprint density at radius 3 is 2.67 bits per heavy atom. The molecule has 1 aliphatic carbocycles. The van der Waals surface area contributed by atoms with Gasteiger partial charge in [0.25, 0.3) is 0 Å². The Balaban J connectivity index is 1.68. The van der Waals surface area contributed by atoms with Crippen LogP contribution in [0.2, 0.25) is 0 Å². The molecule has 1 aromatic heterocycles. The summed E-state index contributed by atoms with van der Waals surface area (Å²) in [6, 6.07) is 8.70. The predicted octanol–water partition coefficient (Wildman–Crippen LogP) is 3.87. The van der Waals surface area contributed by atoms with Crippen LogP contribution in [-0.2, 0) is 6.42 Å². The van der Waals surface area contributed by atoms with Crippen molar-refractivity contribution in [3.8, 4) is 6.07 Å². The maximum atomic E-state index is 12.9. The van der Waals surface area contributed by atoms with Crippen LogP contribution in [0.4, 0.5) is 15.1 Å². The van der Waals surface area contributed by atoms with Gasteiger partial charge in [-0.3, -0.25) is 0 Å². The van der Waals surface area contributed by atoms with E-state index in [0.29, 0.717) is 16.5 Å². The average Bonchev–Trinajstić information content (AvgIpc) is 3.26. The number of halogens is 1. The molecule has 3 N–H and O–H groups in total. The van der Waals surface area contributed by atoms with Crippen LogP contribution in [0.5, 0.6) is 0 Å². The number of anilines is 2. The van der Waals surface area contributed by atoms with Crippen LogP contribution < -0.4 is 11.1 Å². The molecule has 0 unspecified atom stereocenters. The zero-order valence-corrected chi connectivity index (χ0v) is 12.3. The molecule has 0 aliphatic heterocycles. The van der Waals surface area contributed by atoms with Crippen molar-refractivity contribution in [2.75, 3.05) is 17.6 Å². The minimum absolute atomic E-state index is 0.215. The lowest BCUT2D eigenvalue weighted by Gasteiger charge is -2.07. The quantitative estimate of drug-likeness (QED) is 0.881. The van der Waals surface area contributed by atoms with Crippen molar-refractivity contribution < 1.29 is 4.39 Å². The van der Waals surface area contributed by atoms with Gasteiger partial charge in [0, 0.05) is 12.1 Å². The lowest BCUT2D eigenvalue weighted by atomic mass is 10.1. The second-order valence-corrected chi connectivity index (χ2v) is 6.30. The molecular formula is C16H16FN3S. The Morgan fingerprint density at radius 2 is 2.05 bits per heavy atom. The summed E-state index contributed by atoms with van der Waals surface area (Å²) in [7, 11) is 0. The largest absolute Gasteiger partial charge is 0.397 e. The van der Waals surface area contributed by atoms with Crippen molar-refractivity contribution in [2.45, 2.75) is 25.2 Å². The van der Waals surface area contributed by atoms with Crippen molar-refractivity contribution >= 4 is 22.0 Å². The number of thiophene rings is 1. The molecule has 21 heavy (non-hydrogen) atoms. The third kappa shape index (κ3) is 3.01. The molecule has 5 heteroatoms. The number of rotatable bonds is 5. The van der Waals surface area contributed by atoms with E-state index in [1.165, 1.54) is 23.5 Å². The Kier molecular flexibility index (Phi) is 3.80. The Hall–Kier alpha value is -2.06. The van der Waals surface area contributed by atoms with Crippen LogP contribution in [-0.4, -0.2) is 6.54 Å². The van der Waals surface area contributed by atoms with Gasteiger partial charge in [0.2, 0.25) is 0 Å². The SMILES string of the molecule is N#Cc1sc(NCCc2ccc(F)cc2)c(C2CC2)c1N. The van der Waals surface area contributed by atoms with Crippen LogP contribution in [0.1, 0.15) is 34.8 Å². The van der Waals surface area contributed by atoms with Gasteiger partial charge in [-0.2, -0.15) is 5.26 Å². The van der Waals surface area contributed by atoms with E-state index in [-0.39, 0.29) is 5.82 Å². The number of nitrogen functional groups attached to an aromatic ring is 1. The number of benzene rings is 1. The van der Waals surface area contributed by atoms with Crippen molar-refractivity contribution in [3.63, 3.8) is 0 Å². The van der Waals surface area contributed by atoms with E-state index in [4.69, 9.17) is 11.0 Å². The van der Waals surface area contributed by atoms with Gasteiger partial charge in [0.05, 0.1) is 10.7 Å². The highest BCUT2D eigenvalue weighted by atomic mass is 32.1. The number of nitrogens with two attached hydrogens (primary N) is 1. The Labute approximate surface area is 127 Å². The molecule has 1 aromatic carbocycles. The fourth-order valence-electron chi connectivity index (χ4n) is 2.42. The molecule has 3 nitrogen and oxygen atoms in total. The molecule has 1 aliphatic rings. The van der Waals surface area contributed by atoms with Crippen molar-refractivity contribution in [2.24, 2.45) is 0 Å². The fraction of sp³-hybridized carbons (Fsp3) is 0.312. The molecule has 0 bridgehead atoms. The highest BCUT2D eigenvalue weighted by molar-refractivity contribution is 7.17. The second kappa shape index (κ2) is 5.74. The highest BCUT2D eigenvalue weighted by Gasteiger charge is 2.31. The number of nitrogens with zero attached hydrogens (tertiary/aromatic N) is 1. The van der Waals surface area contributed by atoms with Gasteiger partial charge in [-0.1, -0.05) is 12.1 Å². The Bertz CT molecular complexity index is 681. The van der Waals surface area contributed by atoms with Gasteiger partial charge < -0.3 is 11.1 Å². The third-order valence-corrected chi connectivity index (χ3v) is 4.77. The van der Waals surface area contributed by atoms with Crippen molar-refractivity contribution in [1.29, 1.82) is 5.26 Å². The molecule has 1 fully saturated rings. The number of hydrogen-bond donors (Lipinski definition) is 2. The molecule has 0 saturated heterocycles. The molecule has 1 saturated carbocycles. The minimum Gasteiger partial charge on any atom is -0.397 e. The summed E-state index contributed by atoms with van der Waals surface area (Å²) in [5.41, 5.74) is 8.91. The number of nitriles is 1. The Morgan fingerprint density at radius 1 is 1.33 bits per heavy atom. The summed E-state index contributed by atoms with van der Waals surface area (Å²) in [6.07, 6.45) is 3.11. The van der Waals surface area contributed by atoms with E-state index < -0.39 is 0 Å². The van der Waals surface area contributed by atoms with Gasteiger partial charge in [0.15, 0.2) is 0 Å². The zero-order chi connectivity index (χ0) is 14.8. The summed E-state index contributed by atoms with van der Waals surface area (Å²) in [5, 5.41) is 13.5. The van der Waals surface area contributed by atoms with E-state index >= 15 is 0 Å². The molecule has 0 amide bonds. The zero-order valence-electron chi connectivity index (χ0n) is 11.5. The van der Waals surface area contributed by atoms with Gasteiger partial charge in [-0.15, -0.1) is 11.3 Å². The molecule has 2 aromatic rings. The maximum Gasteiger partial charge on any atom is 0.130 e. The molecule has 3 rings (SSSR count). The summed E-state index contributed by atoms with van der Waals surface area (Å²) in [6.45, 7) is 0.746. The standard InChI is InChI=1S/C16H16FN3S/c17-12-5-1-10(2-6-12)7-8-20-16-14(11-3-4-11)15(19)13(9-18)21-16/h1-2,5-6,11,20H,3-4,7-8,19H2. The first kappa shape index (κ1) is 13.9. The first-order valence-electron chi connectivity index (χ1n) is 6.99. The van der Waals surface area contributed by atoms with Crippen LogP contribution in [0.15, 0.2) is 24.3 Å². The number of nitrogens with one attached hydrogen (secondary N) is 1. The van der Waals surface area contributed by atoms with Gasteiger partial charge in [-0.05, 0) is 42.9 Å². The van der Waals surface area contributed by atoms with E-state index in [1.807, 2.05) is 0 Å². The monoisotopic (exact) mass is 301 g/mol. The maximum absolute atomic E-state index is 12.9. The molecule has 108 valence electrons. The van der Waals surface area contributed by atoms with E-state index in [9.17, 15) is 4.39 Å². The van der Waals surface area contributed by atoms with Crippen LogP contribution >= 0.6 is 11.3 Å². The first-order valence-corrected chi connectivity index (χ1v) is 7.81.